The number of carbonyl (C=O) groups is 2. The molecule has 0 saturated heterocycles. The van der Waals surface area contributed by atoms with Crippen LogP contribution in [0.15, 0.2) is 36.4 Å². The number of hydrogen-bond acceptors (Lipinski definition) is 2. The lowest BCUT2D eigenvalue weighted by Gasteiger charge is -2.08. The summed E-state index contributed by atoms with van der Waals surface area (Å²) < 4.78 is 0.842. The third-order valence-electron chi connectivity index (χ3n) is 2.65. The van der Waals surface area contributed by atoms with Crippen molar-refractivity contribution >= 4 is 63.4 Å². The van der Waals surface area contributed by atoms with Crippen molar-refractivity contribution in [1.29, 1.82) is 0 Å². The number of carbonyl (C=O) groups excluding carboxylic acids is 1. The largest absolute Gasteiger partial charge is 0.478 e. The third kappa shape index (κ3) is 3.87. The van der Waals surface area contributed by atoms with E-state index in [1.165, 1.54) is 18.2 Å². The minimum Gasteiger partial charge on any atom is -0.478 e. The van der Waals surface area contributed by atoms with Crippen LogP contribution in [0.25, 0.3) is 0 Å². The number of halogens is 3. The molecule has 2 N–H and O–H groups in total. The minimum atomic E-state index is -1.08. The van der Waals surface area contributed by atoms with Crippen molar-refractivity contribution in [1.82, 2.24) is 0 Å². The number of amides is 1. The van der Waals surface area contributed by atoms with Crippen LogP contribution < -0.4 is 5.32 Å². The molecule has 2 aromatic rings. The van der Waals surface area contributed by atoms with Gasteiger partial charge in [0.1, 0.15) is 0 Å². The van der Waals surface area contributed by atoms with E-state index >= 15 is 0 Å². The minimum absolute atomic E-state index is 0.0512. The Morgan fingerprint density at radius 3 is 2.19 bits per heavy atom. The second-order valence-corrected chi connectivity index (χ2v) is 6.06. The van der Waals surface area contributed by atoms with Crippen molar-refractivity contribution < 1.29 is 14.7 Å². The Balaban J connectivity index is 2.23. The van der Waals surface area contributed by atoms with Gasteiger partial charge in [0.15, 0.2) is 0 Å². The number of rotatable bonds is 3. The van der Waals surface area contributed by atoms with Crippen LogP contribution in [-0.2, 0) is 0 Å². The maximum absolute atomic E-state index is 12.1. The Hall–Kier alpha value is -1.31. The topological polar surface area (TPSA) is 66.4 Å². The number of nitrogens with one attached hydrogen (secondary N) is 1. The predicted octanol–water partition coefficient (Wildman–Crippen LogP) is 4.55. The molecule has 0 spiro atoms. The van der Waals surface area contributed by atoms with Crippen molar-refractivity contribution in [2.45, 2.75) is 0 Å². The average Bonchev–Trinajstić information content (AvgIpc) is 2.43. The SMILES string of the molecule is O=C(O)c1ccc(NC(=O)c2ccc(I)c(Cl)c2)c(Cl)c1. The van der Waals surface area contributed by atoms with Crippen molar-refractivity contribution in [2.75, 3.05) is 5.32 Å². The Morgan fingerprint density at radius 2 is 1.62 bits per heavy atom. The van der Waals surface area contributed by atoms with Crippen LogP contribution in [0.2, 0.25) is 10.0 Å². The van der Waals surface area contributed by atoms with Gasteiger partial charge in [-0.25, -0.2) is 4.79 Å². The van der Waals surface area contributed by atoms with E-state index < -0.39 is 5.97 Å². The summed E-state index contributed by atoms with van der Waals surface area (Å²) in [5, 5.41) is 12.1. The van der Waals surface area contributed by atoms with Crippen molar-refractivity contribution in [3.05, 3.63) is 61.1 Å². The van der Waals surface area contributed by atoms with E-state index in [1.807, 2.05) is 0 Å². The first-order valence-electron chi connectivity index (χ1n) is 5.67. The van der Waals surface area contributed by atoms with Crippen LogP contribution in [0.5, 0.6) is 0 Å². The van der Waals surface area contributed by atoms with Gasteiger partial charge in [-0.1, -0.05) is 23.2 Å². The Morgan fingerprint density at radius 1 is 1.00 bits per heavy atom. The van der Waals surface area contributed by atoms with Gasteiger partial charge in [0, 0.05) is 9.13 Å². The van der Waals surface area contributed by atoms with Crippen LogP contribution in [-0.4, -0.2) is 17.0 Å². The second kappa shape index (κ2) is 6.64. The van der Waals surface area contributed by atoms with Gasteiger partial charge in [-0.15, -0.1) is 0 Å². The van der Waals surface area contributed by atoms with E-state index in [1.54, 1.807) is 18.2 Å². The third-order valence-corrected chi connectivity index (χ3v) is 4.53. The molecule has 1 amide bonds. The molecule has 7 heteroatoms. The summed E-state index contributed by atoms with van der Waals surface area (Å²) in [6.45, 7) is 0. The Bertz CT molecular complexity index is 734. The molecule has 2 rings (SSSR count). The highest BCUT2D eigenvalue weighted by molar-refractivity contribution is 14.1. The first kappa shape index (κ1) is 16.1. The molecule has 0 fully saturated rings. The summed E-state index contributed by atoms with van der Waals surface area (Å²) in [4.78, 5) is 22.9. The normalized spacial score (nSPS) is 10.2. The van der Waals surface area contributed by atoms with Gasteiger partial charge in [-0.05, 0) is 59.0 Å². The number of hydrogen-bond donors (Lipinski definition) is 2. The molecule has 0 aliphatic heterocycles. The smallest absolute Gasteiger partial charge is 0.335 e. The first-order valence-corrected chi connectivity index (χ1v) is 7.51. The number of benzene rings is 2. The first-order chi connectivity index (χ1) is 9.88. The molecule has 4 nitrogen and oxygen atoms in total. The van der Waals surface area contributed by atoms with Crippen molar-refractivity contribution in [3.8, 4) is 0 Å². The van der Waals surface area contributed by atoms with E-state index in [-0.39, 0.29) is 16.5 Å². The summed E-state index contributed by atoms with van der Waals surface area (Å²) in [6, 6.07) is 9.01. The lowest BCUT2D eigenvalue weighted by atomic mass is 10.2. The van der Waals surface area contributed by atoms with Crippen LogP contribution in [0, 0.1) is 3.57 Å². The highest BCUT2D eigenvalue weighted by atomic mass is 127. The van der Waals surface area contributed by atoms with E-state index in [9.17, 15) is 9.59 Å². The summed E-state index contributed by atoms with van der Waals surface area (Å²) in [6.07, 6.45) is 0. The summed E-state index contributed by atoms with van der Waals surface area (Å²) in [5.74, 6) is -1.46. The van der Waals surface area contributed by atoms with Gasteiger partial charge in [-0.3, -0.25) is 4.79 Å². The van der Waals surface area contributed by atoms with Gasteiger partial charge >= 0.3 is 5.97 Å². The fourth-order valence-corrected chi connectivity index (χ4v) is 2.33. The Kier molecular flexibility index (Phi) is 5.08. The predicted molar refractivity (Wildman–Crippen MR) is 90.5 cm³/mol. The maximum atomic E-state index is 12.1. The molecule has 0 aromatic heterocycles. The molecular formula is C14H8Cl2INO3. The highest BCUT2D eigenvalue weighted by Gasteiger charge is 2.12. The number of anilines is 1. The molecule has 2 aromatic carbocycles. The molecule has 0 bridgehead atoms. The molecular weight excluding hydrogens is 428 g/mol. The highest BCUT2D eigenvalue weighted by Crippen LogP contribution is 2.25. The molecule has 0 unspecified atom stereocenters. The van der Waals surface area contributed by atoms with E-state index in [4.69, 9.17) is 28.3 Å². The van der Waals surface area contributed by atoms with Crippen LogP contribution in [0.1, 0.15) is 20.7 Å². The molecule has 0 aliphatic rings. The van der Waals surface area contributed by atoms with Gasteiger partial charge in [0.2, 0.25) is 0 Å². The second-order valence-electron chi connectivity index (χ2n) is 4.08. The van der Waals surface area contributed by atoms with E-state index in [0.29, 0.717) is 16.3 Å². The van der Waals surface area contributed by atoms with Gasteiger partial charge in [0.05, 0.1) is 21.3 Å². The van der Waals surface area contributed by atoms with Gasteiger partial charge in [-0.2, -0.15) is 0 Å². The monoisotopic (exact) mass is 435 g/mol. The summed E-state index contributed by atoms with van der Waals surface area (Å²) >= 11 is 14.0. The zero-order chi connectivity index (χ0) is 15.6. The summed E-state index contributed by atoms with van der Waals surface area (Å²) in [7, 11) is 0. The zero-order valence-corrected chi connectivity index (χ0v) is 14.0. The maximum Gasteiger partial charge on any atom is 0.335 e. The molecule has 0 atom stereocenters. The van der Waals surface area contributed by atoms with Crippen LogP contribution in [0.3, 0.4) is 0 Å². The quantitative estimate of drug-likeness (QED) is 0.695. The standard InChI is InChI=1S/C14H8Cl2INO3/c15-9-5-7(1-3-11(9)17)13(19)18-12-4-2-8(14(20)21)6-10(12)16/h1-6H,(H,18,19)(H,20,21). The van der Waals surface area contributed by atoms with Gasteiger partial charge < -0.3 is 10.4 Å². The van der Waals surface area contributed by atoms with E-state index in [2.05, 4.69) is 27.9 Å². The zero-order valence-electron chi connectivity index (χ0n) is 10.4. The Labute approximate surface area is 144 Å². The van der Waals surface area contributed by atoms with Crippen molar-refractivity contribution in [2.24, 2.45) is 0 Å². The van der Waals surface area contributed by atoms with Crippen LogP contribution in [0.4, 0.5) is 5.69 Å². The van der Waals surface area contributed by atoms with Gasteiger partial charge in [0.25, 0.3) is 5.91 Å². The molecule has 0 aliphatic carbocycles. The van der Waals surface area contributed by atoms with Crippen molar-refractivity contribution in [3.63, 3.8) is 0 Å². The molecule has 21 heavy (non-hydrogen) atoms. The lowest BCUT2D eigenvalue weighted by molar-refractivity contribution is 0.0696. The number of carboxylic acid groups (broad SMARTS) is 1. The van der Waals surface area contributed by atoms with E-state index in [0.717, 1.165) is 3.57 Å². The molecule has 0 saturated carbocycles. The average molecular weight is 436 g/mol. The molecule has 108 valence electrons. The molecule has 0 radical (unpaired) electrons. The van der Waals surface area contributed by atoms with Crippen LogP contribution >= 0.6 is 45.8 Å². The lowest BCUT2D eigenvalue weighted by Crippen LogP contribution is -2.12. The molecule has 0 heterocycles. The fraction of sp³-hybridized carbons (Fsp3) is 0. The fourth-order valence-electron chi connectivity index (χ4n) is 1.58. The number of carboxylic acids is 1. The summed E-state index contributed by atoms with van der Waals surface area (Å²) in [5.41, 5.74) is 0.774. The number of aromatic carboxylic acids is 1.